The zero-order valence-electron chi connectivity index (χ0n) is 16.3. The number of rotatable bonds is 5. The van der Waals surface area contributed by atoms with E-state index in [1.165, 1.54) is 38.5 Å². The van der Waals surface area contributed by atoms with Crippen LogP contribution in [0.3, 0.4) is 0 Å². The van der Waals surface area contributed by atoms with Crippen LogP contribution in [0.2, 0.25) is 0 Å². The van der Waals surface area contributed by atoms with Gasteiger partial charge in [-0.1, -0.05) is 19.3 Å². The summed E-state index contributed by atoms with van der Waals surface area (Å²) in [5.41, 5.74) is -0.115. The number of amides is 1. The van der Waals surface area contributed by atoms with Gasteiger partial charge in [-0.3, -0.25) is 9.69 Å². The maximum absolute atomic E-state index is 13.4. The van der Waals surface area contributed by atoms with Crippen molar-refractivity contribution in [1.29, 1.82) is 0 Å². The summed E-state index contributed by atoms with van der Waals surface area (Å²) in [6.45, 7) is 7.94. The number of imidazole rings is 1. The largest absolute Gasteiger partial charge is 0.342 e. The van der Waals surface area contributed by atoms with Crippen LogP contribution < -0.4 is 0 Å². The summed E-state index contributed by atoms with van der Waals surface area (Å²) in [4.78, 5) is 22.6. The molecule has 5 heteroatoms. The second kappa shape index (κ2) is 7.71. The Bertz CT molecular complexity index is 621. The molecule has 2 saturated heterocycles. The topological polar surface area (TPSA) is 41.4 Å². The normalized spacial score (nSPS) is 28.3. The van der Waals surface area contributed by atoms with Gasteiger partial charge >= 0.3 is 0 Å². The minimum atomic E-state index is -0.115. The fraction of sp³-hybridized carbons (Fsp3) is 0.810. The fourth-order valence-corrected chi connectivity index (χ4v) is 5.46. The van der Waals surface area contributed by atoms with Crippen LogP contribution in [0.25, 0.3) is 0 Å². The highest BCUT2D eigenvalue weighted by atomic mass is 16.2. The van der Waals surface area contributed by atoms with Gasteiger partial charge in [0.1, 0.15) is 5.82 Å². The lowest BCUT2D eigenvalue weighted by Gasteiger charge is -2.41. The molecule has 0 radical (unpaired) electrons. The Kier molecular flexibility index (Phi) is 5.35. The van der Waals surface area contributed by atoms with Crippen LogP contribution >= 0.6 is 0 Å². The average Bonchev–Trinajstić information content (AvgIpc) is 3.28. The Morgan fingerprint density at radius 2 is 2.00 bits per heavy atom. The highest BCUT2D eigenvalue weighted by molar-refractivity contribution is 5.84. The van der Waals surface area contributed by atoms with Crippen LogP contribution in [0.1, 0.15) is 64.1 Å². The maximum Gasteiger partial charge on any atom is 0.230 e. The zero-order chi connectivity index (χ0) is 18.0. The van der Waals surface area contributed by atoms with Gasteiger partial charge < -0.3 is 9.47 Å². The number of carbonyl (C=O) groups is 1. The van der Waals surface area contributed by atoms with Crippen LogP contribution in [-0.2, 0) is 17.9 Å². The van der Waals surface area contributed by atoms with E-state index in [1.807, 2.05) is 6.20 Å². The Hall–Kier alpha value is -1.36. The summed E-state index contributed by atoms with van der Waals surface area (Å²) in [5.74, 6) is 2.33. The van der Waals surface area contributed by atoms with E-state index in [0.29, 0.717) is 5.91 Å². The first-order chi connectivity index (χ1) is 12.7. The van der Waals surface area contributed by atoms with E-state index in [-0.39, 0.29) is 5.41 Å². The molecule has 0 N–H and O–H groups in total. The van der Waals surface area contributed by atoms with Gasteiger partial charge in [-0.05, 0) is 51.5 Å². The van der Waals surface area contributed by atoms with Crippen molar-refractivity contribution in [2.75, 3.05) is 26.2 Å². The molecular formula is C21H34N4O. The molecule has 1 aromatic heterocycles. The number of piperidine rings is 1. The minimum absolute atomic E-state index is 0.115. The molecule has 144 valence electrons. The van der Waals surface area contributed by atoms with E-state index >= 15 is 0 Å². The van der Waals surface area contributed by atoms with Crippen molar-refractivity contribution in [2.24, 2.45) is 11.3 Å². The number of hydrogen-bond acceptors (Lipinski definition) is 3. The van der Waals surface area contributed by atoms with Crippen molar-refractivity contribution >= 4 is 5.91 Å². The van der Waals surface area contributed by atoms with E-state index in [2.05, 4.69) is 32.5 Å². The number of nitrogens with zero attached hydrogens (tertiary/aromatic N) is 4. The molecule has 0 bridgehead atoms. The monoisotopic (exact) mass is 358 g/mol. The van der Waals surface area contributed by atoms with Crippen LogP contribution in [-0.4, -0.2) is 51.4 Å². The summed E-state index contributed by atoms with van der Waals surface area (Å²) in [5, 5.41) is 0. The summed E-state index contributed by atoms with van der Waals surface area (Å²) in [7, 11) is 0. The lowest BCUT2D eigenvalue weighted by Crippen LogP contribution is -2.51. The van der Waals surface area contributed by atoms with Gasteiger partial charge in [-0.15, -0.1) is 0 Å². The maximum atomic E-state index is 13.4. The molecule has 1 atom stereocenters. The summed E-state index contributed by atoms with van der Waals surface area (Å²) < 4.78 is 2.21. The van der Waals surface area contributed by atoms with E-state index in [1.54, 1.807) is 0 Å². The number of aromatic nitrogens is 2. The van der Waals surface area contributed by atoms with Crippen molar-refractivity contribution in [3.05, 3.63) is 18.2 Å². The van der Waals surface area contributed by atoms with Gasteiger partial charge in [-0.25, -0.2) is 4.98 Å². The van der Waals surface area contributed by atoms with E-state index in [9.17, 15) is 4.79 Å². The summed E-state index contributed by atoms with van der Waals surface area (Å²) in [6.07, 6.45) is 14.0. The minimum Gasteiger partial charge on any atom is -0.342 e. The average molecular weight is 359 g/mol. The quantitative estimate of drug-likeness (QED) is 0.811. The molecule has 1 spiro atoms. The molecule has 1 aromatic rings. The smallest absolute Gasteiger partial charge is 0.230 e. The van der Waals surface area contributed by atoms with E-state index < -0.39 is 0 Å². The molecule has 0 aromatic carbocycles. The van der Waals surface area contributed by atoms with Crippen LogP contribution in [0.5, 0.6) is 0 Å². The van der Waals surface area contributed by atoms with Gasteiger partial charge in [-0.2, -0.15) is 0 Å². The SMILES string of the molecule is CCn1ccnc1CN1CC[C@@]2(CCCN(CC3CCCCC3)C2=O)C1. The zero-order valence-corrected chi connectivity index (χ0v) is 16.3. The second-order valence-electron chi connectivity index (χ2n) is 8.73. The molecule has 1 amide bonds. The predicted octanol–water partition coefficient (Wildman–Crippen LogP) is 3.30. The first-order valence-electron chi connectivity index (χ1n) is 10.7. The molecular weight excluding hydrogens is 324 g/mol. The van der Waals surface area contributed by atoms with Gasteiger partial charge in [0.15, 0.2) is 0 Å². The highest BCUT2D eigenvalue weighted by Gasteiger charge is 2.48. The molecule has 1 saturated carbocycles. The number of carbonyl (C=O) groups excluding carboxylic acids is 1. The van der Waals surface area contributed by atoms with Gasteiger partial charge in [0.05, 0.1) is 12.0 Å². The summed E-state index contributed by atoms with van der Waals surface area (Å²) >= 11 is 0. The lowest BCUT2D eigenvalue weighted by molar-refractivity contribution is -0.146. The first-order valence-corrected chi connectivity index (χ1v) is 10.7. The van der Waals surface area contributed by atoms with Crippen LogP contribution in [0, 0.1) is 11.3 Å². The first kappa shape index (κ1) is 18.0. The lowest BCUT2D eigenvalue weighted by atomic mass is 9.77. The number of likely N-dealkylation sites (tertiary alicyclic amines) is 2. The van der Waals surface area contributed by atoms with Crippen molar-refractivity contribution in [3.63, 3.8) is 0 Å². The highest BCUT2D eigenvalue weighted by Crippen LogP contribution is 2.41. The molecule has 3 aliphatic rings. The molecule has 3 fully saturated rings. The van der Waals surface area contributed by atoms with Crippen LogP contribution in [0.15, 0.2) is 12.4 Å². The Balaban J connectivity index is 1.39. The Morgan fingerprint density at radius 1 is 1.15 bits per heavy atom. The standard InChI is InChI=1S/C21H34N4O/c1-2-24-14-11-22-19(24)16-23-13-10-21(17-23)9-6-12-25(20(21)26)15-18-7-4-3-5-8-18/h11,14,18H,2-10,12-13,15-17H2,1H3/t21-/m0/s1. The molecule has 2 aliphatic heterocycles. The molecule has 4 rings (SSSR count). The van der Waals surface area contributed by atoms with Crippen LogP contribution in [0.4, 0.5) is 0 Å². The Morgan fingerprint density at radius 3 is 2.81 bits per heavy atom. The number of aryl methyl sites for hydroxylation is 1. The van der Waals surface area contributed by atoms with Crippen molar-refractivity contribution in [2.45, 2.75) is 71.4 Å². The molecule has 0 unspecified atom stereocenters. The number of hydrogen-bond donors (Lipinski definition) is 0. The van der Waals surface area contributed by atoms with E-state index in [4.69, 9.17) is 0 Å². The van der Waals surface area contributed by atoms with Crippen molar-refractivity contribution in [3.8, 4) is 0 Å². The van der Waals surface area contributed by atoms with Gasteiger partial charge in [0.25, 0.3) is 0 Å². The van der Waals surface area contributed by atoms with Crippen molar-refractivity contribution < 1.29 is 4.79 Å². The molecule has 5 nitrogen and oxygen atoms in total. The van der Waals surface area contributed by atoms with Crippen molar-refractivity contribution in [1.82, 2.24) is 19.4 Å². The molecule has 26 heavy (non-hydrogen) atoms. The van der Waals surface area contributed by atoms with E-state index in [0.717, 1.165) is 63.9 Å². The summed E-state index contributed by atoms with van der Waals surface area (Å²) in [6, 6.07) is 0. The third-order valence-corrected chi connectivity index (χ3v) is 6.97. The van der Waals surface area contributed by atoms with Gasteiger partial charge in [0.2, 0.25) is 5.91 Å². The third-order valence-electron chi connectivity index (χ3n) is 6.97. The molecule has 1 aliphatic carbocycles. The second-order valence-corrected chi connectivity index (χ2v) is 8.73. The predicted molar refractivity (Wildman–Crippen MR) is 103 cm³/mol. The Labute approximate surface area is 157 Å². The van der Waals surface area contributed by atoms with Gasteiger partial charge in [0, 0.05) is 38.6 Å². The molecule has 3 heterocycles. The third kappa shape index (κ3) is 3.55. The fourth-order valence-electron chi connectivity index (χ4n) is 5.46.